The van der Waals surface area contributed by atoms with E-state index in [1.807, 2.05) is 22.3 Å². The Bertz CT molecular complexity index is 1130. The third kappa shape index (κ3) is 4.24. The highest BCUT2D eigenvalue weighted by atomic mass is 32.1. The lowest BCUT2D eigenvalue weighted by atomic mass is 10.1. The molecule has 0 saturated heterocycles. The Labute approximate surface area is 176 Å². The molecular weight excluding hydrogens is 409 g/mol. The number of thiophene rings is 1. The number of pyridine rings is 1. The van der Waals surface area contributed by atoms with Crippen molar-refractivity contribution in [2.24, 2.45) is 0 Å². The van der Waals surface area contributed by atoms with E-state index in [0.29, 0.717) is 13.1 Å². The highest BCUT2D eigenvalue weighted by Gasteiger charge is 2.29. The minimum absolute atomic E-state index is 0.203. The summed E-state index contributed by atoms with van der Waals surface area (Å²) in [4.78, 5) is 4.91. The lowest BCUT2D eigenvalue weighted by Crippen LogP contribution is -2.14. The van der Waals surface area contributed by atoms with Gasteiger partial charge in [-0.25, -0.2) is 9.67 Å². The molecule has 4 rings (SSSR count). The molecule has 3 aromatic heterocycles. The molecule has 0 saturated carbocycles. The molecule has 1 aromatic carbocycles. The predicted octanol–water partition coefficient (Wildman–Crippen LogP) is 6.05. The third-order valence-corrected chi connectivity index (χ3v) is 5.54. The molecule has 4 nitrogen and oxygen atoms in total. The van der Waals surface area contributed by atoms with E-state index in [1.165, 1.54) is 12.1 Å². The monoisotopic (exact) mass is 430 g/mol. The van der Waals surface area contributed by atoms with E-state index in [0.717, 1.165) is 45.6 Å². The molecular formula is C22H21F3N4S. The van der Waals surface area contributed by atoms with E-state index >= 15 is 0 Å². The van der Waals surface area contributed by atoms with Crippen LogP contribution in [0.1, 0.15) is 36.6 Å². The Kier molecular flexibility index (Phi) is 5.62. The first kappa shape index (κ1) is 20.6. The number of hydrogen-bond acceptors (Lipinski definition) is 4. The zero-order chi connectivity index (χ0) is 21.3. The largest absolute Gasteiger partial charge is 0.416 e. The molecule has 0 spiro atoms. The summed E-state index contributed by atoms with van der Waals surface area (Å²) in [5.74, 6) is 0. The molecule has 0 fully saturated rings. The number of benzene rings is 1. The van der Waals surface area contributed by atoms with Crippen molar-refractivity contribution in [1.82, 2.24) is 20.1 Å². The van der Waals surface area contributed by atoms with E-state index in [4.69, 9.17) is 4.98 Å². The van der Waals surface area contributed by atoms with Gasteiger partial charge < -0.3 is 5.32 Å². The summed E-state index contributed by atoms with van der Waals surface area (Å²) < 4.78 is 40.1. The van der Waals surface area contributed by atoms with Gasteiger partial charge in [0.1, 0.15) is 0 Å². The van der Waals surface area contributed by atoms with Gasteiger partial charge in [-0.3, -0.25) is 0 Å². The maximum Gasteiger partial charge on any atom is 0.416 e. The second kappa shape index (κ2) is 8.20. The molecule has 4 aromatic rings. The lowest BCUT2D eigenvalue weighted by molar-refractivity contribution is -0.137. The summed E-state index contributed by atoms with van der Waals surface area (Å²) in [5.41, 5.74) is 3.97. The van der Waals surface area contributed by atoms with Crippen LogP contribution in [-0.2, 0) is 19.3 Å². The van der Waals surface area contributed by atoms with Crippen molar-refractivity contribution in [3.8, 4) is 11.3 Å². The second-order valence-corrected chi connectivity index (χ2v) is 8.18. The fourth-order valence-electron chi connectivity index (χ4n) is 3.34. The standard InChI is InChI=1S/C22H21F3N4S/c1-14(2)29-21-18(12-27-29)9-17(20(28-21)16-7-8-30-13-16)11-26-10-15-3-5-19(6-4-15)22(23,24)25/h3-9,12-14,26H,10-11H2,1-2H3. The summed E-state index contributed by atoms with van der Waals surface area (Å²) >= 11 is 1.61. The number of rotatable bonds is 6. The van der Waals surface area contributed by atoms with Gasteiger partial charge in [-0.15, -0.1) is 0 Å². The molecule has 0 aliphatic carbocycles. The summed E-state index contributed by atoms with van der Waals surface area (Å²) in [7, 11) is 0. The van der Waals surface area contributed by atoms with E-state index < -0.39 is 11.7 Å². The average Bonchev–Trinajstić information content (AvgIpc) is 3.36. The molecule has 0 bridgehead atoms. The van der Waals surface area contributed by atoms with E-state index in [1.54, 1.807) is 11.3 Å². The van der Waals surface area contributed by atoms with Crippen molar-refractivity contribution in [1.29, 1.82) is 0 Å². The first-order chi connectivity index (χ1) is 14.3. The third-order valence-electron chi connectivity index (χ3n) is 4.86. The number of hydrogen-bond donors (Lipinski definition) is 1. The molecule has 0 aliphatic heterocycles. The summed E-state index contributed by atoms with van der Waals surface area (Å²) in [5, 5.41) is 12.8. The summed E-state index contributed by atoms with van der Waals surface area (Å²) in [6.07, 6.45) is -2.50. The van der Waals surface area contributed by atoms with Crippen molar-refractivity contribution in [2.75, 3.05) is 0 Å². The van der Waals surface area contributed by atoms with Crippen LogP contribution in [0.2, 0.25) is 0 Å². The Morgan fingerprint density at radius 3 is 2.50 bits per heavy atom. The minimum Gasteiger partial charge on any atom is -0.309 e. The topological polar surface area (TPSA) is 42.7 Å². The van der Waals surface area contributed by atoms with E-state index in [2.05, 4.69) is 35.7 Å². The van der Waals surface area contributed by atoms with Crippen molar-refractivity contribution < 1.29 is 13.2 Å². The first-order valence-corrected chi connectivity index (χ1v) is 10.5. The number of aromatic nitrogens is 3. The van der Waals surface area contributed by atoms with E-state index in [-0.39, 0.29) is 6.04 Å². The zero-order valence-electron chi connectivity index (χ0n) is 16.6. The molecule has 1 N–H and O–H groups in total. The highest BCUT2D eigenvalue weighted by Crippen LogP contribution is 2.30. The zero-order valence-corrected chi connectivity index (χ0v) is 17.4. The lowest BCUT2D eigenvalue weighted by Gasteiger charge is -2.12. The van der Waals surface area contributed by atoms with Crippen LogP contribution in [0.4, 0.5) is 13.2 Å². The van der Waals surface area contributed by atoms with Crippen LogP contribution >= 0.6 is 11.3 Å². The van der Waals surface area contributed by atoms with Gasteiger partial charge in [-0.2, -0.15) is 29.6 Å². The minimum atomic E-state index is -4.32. The second-order valence-electron chi connectivity index (χ2n) is 7.40. The maximum atomic E-state index is 12.7. The first-order valence-electron chi connectivity index (χ1n) is 9.59. The maximum absolute atomic E-state index is 12.7. The molecule has 0 aliphatic rings. The summed E-state index contributed by atoms with van der Waals surface area (Å²) in [6, 6.07) is 9.56. The fraction of sp³-hybridized carbons (Fsp3) is 0.273. The Morgan fingerprint density at radius 1 is 1.10 bits per heavy atom. The van der Waals surface area contributed by atoms with Crippen molar-refractivity contribution in [2.45, 2.75) is 39.2 Å². The van der Waals surface area contributed by atoms with Crippen LogP contribution < -0.4 is 5.32 Å². The Balaban J connectivity index is 1.57. The van der Waals surface area contributed by atoms with Gasteiger partial charge in [0.05, 0.1) is 17.5 Å². The van der Waals surface area contributed by atoms with E-state index in [9.17, 15) is 13.2 Å². The Hall–Kier alpha value is -2.71. The van der Waals surface area contributed by atoms with Gasteiger partial charge in [0.15, 0.2) is 5.65 Å². The molecule has 0 atom stereocenters. The molecule has 0 amide bonds. The fourth-order valence-corrected chi connectivity index (χ4v) is 3.98. The quantitative estimate of drug-likeness (QED) is 0.405. The van der Waals surface area contributed by atoms with Crippen LogP contribution in [0.25, 0.3) is 22.3 Å². The van der Waals surface area contributed by atoms with Gasteiger partial charge >= 0.3 is 6.18 Å². The number of nitrogens with zero attached hydrogens (tertiary/aromatic N) is 3. The Morgan fingerprint density at radius 2 is 1.87 bits per heavy atom. The van der Waals surface area contributed by atoms with Crippen LogP contribution in [0.3, 0.4) is 0 Å². The van der Waals surface area contributed by atoms with Crippen molar-refractivity contribution in [3.63, 3.8) is 0 Å². The van der Waals surface area contributed by atoms with Crippen LogP contribution in [0.15, 0.2) is 53.4 Å². The van der Waals surface area contributed by atoms with Crippen LogP contribution in [-0.4, -0.2) is 14.8 Å². The smallest absolute Gasteiger partial charge is 0.309 e. The molecule has 0 radical (unpaired) electrons. The molecule has 8 heteroatoms. The molecule has 0 unspecified atom stereocenters. The van der Waals surface area contributed by atoms with Gasteiger partial charge in [0.2, 0.25) is 0 Å². The summed E-state index contributed by atoms with van der Waals surface area (Å²) in [6.45, 7) is 5.14. The van der Waals surface area contributed by atoms with Gasteiger partial charge in [0.25, 0.3) is 0 Å². The average molecular weight is 430 g/mol. The number of halogens is 3. The highest BCUT2D eigenvalue weighted by molar-refractivity contribution is 7.08. The van der Waals surface area contributed by atoms with Gasteiger partial charge in [-0.1, -0.05) is 12.1 Å². The van der Waals surface area contributed by atoms with Crippen molar-refractivity contribution in [3.05, 3.63) is 70.0 Å². The predicted molar refractivity (Wildman–Crippen MR) is 113 cm³/mol. The van der Waals surface area contributed by atoms with Gasteiger partial charge in [-0.05, 0) is 54.6 Å². The number of alkyl halides is 3. The molecule has 30 heavy (non-hydrogen) atoms. The number of fused-ring (bicyclic) bond motifs is 1. The van der Waals surface area contributed by atoms with Crippen molar-refractivity contribution >= 4 is 22.4 Å². The van der Waals surface area contributed by atoms with Gasteiger partial charge in [0, 0.05) is 35.5 Å². The number of nitrogens with one attached hydrogen (secondary N) is 1. The van der Waals surface area contributed by atoms with Crippen LogP contribution in [0, 0.1) is 0 Å². The van der Waals surface area contributed by atoms with Crippen LogP contribution in [0.5, 0.6) is 0 Å². The molecule has 156 valence electrons. The normalized spacial score (nSPS) is 12.2. The molecule has 3 heterocycles. The SMILES string of the molecule is CC(C)n1ncc2cc(CNCc3ccc(C(F)(F)F)cc3)c(-c3ccsc3)nc21.